The molecule has 1 amide bonds. The van der Waals surface area contributed by atoms with Crippen molar-refractivity contribution in [3.05, 3.63) is 12.3 Å². The molecule has 0 saturated carbocycles. The second kappa shape index (κ2) is 3.92. The average molecular weight is 235 g/mol. The normalized spacial score (nSPS) is 22.9. The second-order valence-electron chi connectivity index (χ2n) is 3.54. The molecule has 7 heteroatoms. The minimum atomic E-state index is -4.30. The minimum absolute atomic E-state index is 0.0452. The predicted octanol–water partition coefficient (Wildman–Crippen LogP) is 0.329. The summed E-state index contributed by atoms with van der Waals surface area (Å²) in [5.74, 6) is -0.517. The van der Waals surface area contributed by atoms with E-state index >= 15 is 0 Å². The number of hydroxylamine groups is 2. The van der Waals surface area contributed by atoms with Crippen LogP contribution in [0.15, 0.2) is 12.3 Å². The Morgan fingerprint density at radius 3 is 2.47 bits per heavy atom. The van der Waals surface area contributed by atoms with Gasteiger partial charge in [0.05, 0.1) is 18.2 Å². The van der Waals surface area contributed by atoms with Gasteiger partial charge in [-0.3, -0.25) is 14.2 Å². The van der Waals surface area contributed by atoms with Crippen molar-refractivity contribution in [2.45, 2.75) is 31.6 Å². The second-order valence-corrected chi connectivity index (χ2v) is 5.14. The molecule has 1 rings (SSSR count). The zero-order valence-corrected chi connectivity index (χ0v) is 9.32. The molecule has 0 aromatic rings. The summed E-state index contributed by atoms with van der Waals surface area (Å²) in [4.78, 5) is 16.4. The Bertz CT molecular complexity index is 386. The standard InChI is InChI=1S/C8H13NO5S/c1-5(2)14-9-6(3)7(4-8(9)10)15(11,12)13/h5,7H,3-4H2,1-2H3,(H,11,12,13). The van der Waals surface area contributed by atoms with Gasteiger partial charge in [-0.15, -0.1) is 0 Å². The summed E-state index contributed by atoms with van der Waals surface area (Å²) in [6.07, 6.45) is -0.601. The molecule has 1 aliphatic heterocycles. The van der Waals surface area contributed by atoms with Crippen molar-refractivity contribution in [3.63, 3.8) is 0 Å². The van der Waals surface area contributed by atoms with E-state index in [0.29, 0.717) is 0 Å². The fraction of sp³-hybridized carbons (Fsp3) is 0.625. The first-order valence-corrected chi connectivity index (χ1v) is 5.88. The number of carbonyl (C=O) groups is 1. The van der Waals surface area contributed by atoms with Crippen LogP contribution in [0.1, 0.15) is 20.3 Å². The maximum Gasteiger partial charge on any atom is 0.274 e. The van der Waals surface area contributed by atoms with Gasteiger partial charge in [-0.25, -0.2) is 0 Å². The van der Waals surface area contributed by atoms with Crippen LogP contribution in [-0.4, -0.2) is 35.3 Å². The van der Waals surface area contributed by atoms with Crippen molar-refractivity contribution in [2.24, 2.45) is 0 Å². The molecule has 1 N–H and O–H groups in total. The van der Waals surface area contributed by atoms with Crippen LogP contribution in [0.25, 0.3) is 0 Å². The zero-order chi connectivity index (χ0) is 11.8. The lowest BCUT2D eigenvalue weighted by atomic mass is 10.3. The van der Waals surface area contributed by atoms with Crippen LogP contribution in [0.2, 0.25) is 0 Å². The van der Waals surface area contributed by atoms with Crippen molar-refractivity contribution in [1.29, 1.82) is 0 Å². The van der Waals surface area contributed by atoms with Crippen molar-refractivity contribution in [1.82, 2.24) is 5.06 Å². The van der Waals surface area contributed by atoms with Crippen LogP contribution in [0, 0.1) is 0 Å². The molecular weight excluding hydrogens is 222 g/mol. The highest BCUT2D eigenvalue weighted by Gasteiger charge is 2.42. The van der Waals surface area contributed by atoms with Crippen molar-refractivity contribution in [3.8, 4) is 0 Å². The Morgan fingerprint density at radius 1 is 1.60 bits per heavy atom. The van der Waals surface area contributed by atoms with E-state index in [4.69, 9.17) is 9.39 Å². The molecule has 0 spiro atoms. The van der Waals surface area contributed by atoms with Gasteiger partial charge in [0.1, 0.15) is 5.25 Å². The van der Waals surface area contributed by atoms with Crippen LogP contribution < -0.4 is 0 Å². The molecule has 0 aliphatic carbocycles. The third-order valence-corrected chi connectivity index (χ3v) is 3.05. The monoisotopic (exact) mass is 235 g/mol. The van der Waals surface area contributed by atoms with E-state index < -0.39 is 21.3 Å². The molecule has 1 unspecified atom stereocenters. The van der Waals surface area contributed by atoms with Gasteiger partial charge in [0.15, 0.2) is 0 Å². The van der Waals surface area contributed by atoms with Gasteiger partial charge in [-0.05, 0) is 13.8 Å². The first-order valence-electron chi connectivity index (χ1n) is 4.38. The fourth-order valence-corrected chi connectivity index (χ4v) is 2.06. The van der Waals surface area contributed by atoms with Gasteiger partial charge in [0.2, 0.25) is 0 Å². The molecule has 0 aromatic carbocycles. The van der Waals surface area contributed by atoms with Gasteiger partial charge in [-0.2, -0.15) is 13.5 Å². The molecule has 1 atom stereocenters. The van der Waals surface area contributed by atoms with Crippen molar-refractivity contribution >= 4 is 16.0 Å². The minimum Gasteiger partial charge on any atom is -0.285 e. The van der Waals surface area contributed by atoms with E-state index in [1.807, 2.05) is 0 Å². The van der Waals surface area contributed by atoms with E-state index in [9.17, 15) is 13.2 Å². The average Bonchev–Trinajstić information content (AvgIpc) is 2.30. The Kier molecular flexibility index (Phi) is 3.17. The van der Waals surface area contributed by atoms with Crippen LogP contribution in [-0.2, 0) is 19.8 Å². The van der Waals surface area contributed by atoms with Gasteiger partial charge in [0, 0.05) is 0 Å². The fourth-order valence-electron chi connectivity index (χ4n) is 1.26. The molecule has 15 heavy (non-hydrogen) atoms. The van der Waals surface area contributed by atoms with Crippen molar-refractivity contribution < 1.29 is 22.6 Å². The van der Waals surface area contributed by atoms with Gasteiger partial charge in [-0.1, -0.05) is 6.58 Å². The summed E-state index contributed by atoms with van der Waals surface area (Å²) in [6, 6.07) is 0. The summed E-state index contributed by atoms with van der Waals surface area (Å²) >= 11 is 0. The highest BCUT2D eigenvalue weighted by atomic mass is 32.2. The first-order chi connectivity index (χ1) is 6.73. The molecule has 1 aliphatic rings. The summed E-state index contributed by atoms with van der Waals surface area (Å²) in [5.41, 5.74) is -0.0452. The topological polar surface area (TPSA) is 83.9 Å². The molecule has 1 saturated heterocycles. The maximum atomic E-state index is 11.3. The molecule has 1 fully saturated rings. The number of hydrogen-bond acceptors (Lipinski definition) is 4. The molecule has 0 aromatic heterocycles. The summed E-state index contributed by atoms with van der Waals surface area (Å²) in [5, 5.41) is -0.452. The van der Waals surface area contributed by atoms with Crippen LogP contribution in [0.4, 0.5) is 0 Å². The van der Waals surface area contributed by atoms with Gasteiger partial charge in [0.25, 0.3) is 16.0 Å². The third kappa shape index (κ3) is 2.55. The quantitative estimate of drug-likeness (QED) is 0.712. The molecule has 1 heterocycles. The third-order valence-electron chi connectivity index (χ3n) is 1.89. The molecule has 0 bridgehead atoms. The Balaban J connectivity index is 2.89. The Hall–Kier alpha value is -0.920. The zero-order valence-electron chi connectivity index (χ0n) is 8.50. The van der Waals surface area contributed by atoms with Gasteiger partial charge >= 0.3 is 0 Å². The largest absolute Gasteiger partial charge is 0.285 e. The van der Waals surface area contributed by atoms with E-state index in [1.165, 1.54) is 0 Å². The number of carbonyl (C=O) groups excluding carboxylic acids is 1. The SMILES string of the molecule is C=C1C(S(=O)(=O)O)CC(=O)N1OC(C)C. The number of amides is 1. The molecule has 6 nitrogen and oxygen atoms in total. The highest BCUT2D eigenvalue weighted by Crippen LogP contribution is 2.27. The van der Waals surface area contributed by atoms with E-state index in [1.54, 1.807) is 13.8 Å². The number of rotatable bonds is 3. The van der Waals surface area contributed by atoms with E-state index in [-0.39, 0.29) is 18.2 Å². The van der Waals surface area contributed by atoms with E-state index in [0.717, 1.165) is 5.06 Å². The number of hydrogen-bond donors (Lipinski definition) is 1. The smallest absolute Gasteiger partial charge is 0.274 e. The molecular formula is C8H13NO5S. The lowest BCUT2D eigenvalue weighted by Gasteiger charge is -2.19. The Morgan fingerprint density at radius 2 is 2.13 bits per heavy atom. The summed E-state index contributed by atoms with van der Waals surface area (Å²) < 4.78 is 30.6. The lowest BCUT2D eigenvalue weighted by Crippen LogP contribution is -2.28. The lowest BCUT2D eigenvalue weighted by molar-refractivity contribution is -0.180. The van der Waals surface area contributed by atoms with Crippen LogP contribution in [0.5, 0.6) is 0 Å². The predicted molar refractivity (Wildman–Crippen MR) is 52.2 cm³/mol. The summed E-state index contributed by atoms with van der Waals surface area (Å²) in [7, 11) is -4.30. The van der Waals surface area contributed by atoms with Crippen LogP contribution in [0.3, 0.4) is 0 Å². The van der Waals surface area contributed by atoms with Crippen LogP contribution >= 0.6 is 0 Å². The molecule has 86 valence electrons. The highest BCUT2D eigenvalue weighted by molar-refractivity contribution is 7.86. The van der Waals surface area contributed by atoms with Crippen molar-refractivity contribution in [2.75, 3.05) is 0 Å². The first kappa shape index (κ1) is 12.2. The summed E-state index contributed by atoms with van der Waals surface area (Å²) in [6.45, 7) is 6.82. The van der Waals surface area contributed by atoms with Gasteiger partial charge < -0.3 is 0 Å². The Labute approximate surface area is 88.2 Å². The maximum absolute atomic E-state index is 11.3. The number of nitrogens with zero attached hydrogens (tertiary/aromatic N) is 1. The van der Waals surface area contributed by atoms with E-state index in [2.05, 4.69) is 6.58 Å². The molecule has 0 radical (unpaired) electrons.